The van der Waals surface area contributed by atoms with E-state index in [0.717, 1.165) is 176 Å². The molecule has 0 aromatic carbocycles. The molecule has 20 heterocycles. The number of aromatic nitrogens is 18. The van der Waals surface area contributed by atoms with E-state index in [1.165, 1.54) is 37.8 Å². The van der Waals surface area contributed by atoms with Gasteiger partial charge in [0, 0.05) is 145 Å². The summed E-state index contributed by atoms with van der Waals surface area (Å²) in [6, 6.07) is 31.7. The summed E-state index contributed by atoms with van der Waals surface area (Å²) < 4.78 is 17.4. The highest BCUT2D eigenvalue weighted by Gasteiger charge is 2.28. The van der Waals surface area contributed by atoms with Crippen LogP contribution in [0.1, 0.15) is 123 Å². The Bertz CT molecular complexity index is 6860. The molecule has 4 saturated heterocycles. The molecule has 2 atom stereocenters. The first kappa shape index (κ1) is 80.9. The Morgan fingerprint density at radius 3 is 1.29 bits per heavy atom. The van der Waals surface area contributed by atoms with Gasteiger partial charge in [-0.05, 0) is 219 Å². The average Bonchev–Trinajstić information content (AvgIpc) is 1.42. The number of pyridine rings is 5. The highest BCUT2D eigenvalue weighted by Crippen LogP contribution is 2.35. The first-order valence-corrected chi connectivity index (χ1v) is 41.9. The summed E-state index contributed by atoms with van der Waals surface area (Å²) >= 11 is 19.2. The van der Waals surface area contributed by atoms with E-state index < -0.39 is 0 Å². The zero-order chi connectivity index (χ0) is 83.5. The Morgan fingerprint density at radius 1 is 0.450 bits per heavy atom. The van der Waals surface area contributed by atoms with Crippen molar-refractivity contribution >= 4 is 91.0 Å². The molecule has 0 radical (unpaired) electrons. The molecule has 0 unspecified atom stereocenters. The van der Waals surface area contributed by atoms with Crippen LogP contribution in [0.3, 0.4) is 0 Å². The number of likely N-dealkylation sites (tertiary alicyclic amines) is 3. The number of nitrogens with one attached hydrogen (secondary N) is 1. The van der Waals surface area contributed by atoms with Gasteiger partial charge in [-0.15, -0.1) is 0 Å². The van der Waals surface area contributed by atoms with Crippen LogP contribution in [-0.4, -0.2) is 197 Å². The molecule has 0 spiro atoms. The zero-order valence-corrected chi connectivity index (χ0v) is 70.5. The van der Waals surface area contributed by atoms with E-state index in [-0.39, 0.29) is 28.8 Å². The van der Waals surface area contributed by atoms with E-state index in [4.69, 9.17) is 44.3 Å². The topological polar surface area (TPSA) is 299 Å². The van der Waals surface area contributed by atoms with Crippen molar-refractivity contribution in [3.8, 4) is 45.2 Å². The van der Waals surface area contributed by atoms with Gasteiger partial charge in [-0.3, -0.25) is 28.6 Å². The van der Waals surface area contributed by atoms with Gasteiger partial charge in [0.25, 0.3) is 22.2 Å². The fraction of sp³-hybridized carbons (Fsp3) is 0.352. The lowest BCUT2D eigenvalue weighted by Crippen LogP contribution is -2.54. The lowest BCUT2D eigenvalue weighted by atomic mass is 9.93. The van der Waals surface area contributed by atoms with Crippen LogP contribution in [-0.2, 0) is 0 Å². The van der Waals surface area contributed by atoms with Crippen LogP contribution in [0, 0.1) is 34.6 Å². The molecule has 4 fully saturated rings. The van der Waals surface area contributed by atoms with Gasteiger partial charge in [-0.25, -0.2) is 34.9 Å². The lowest BCUT2D eigenvalue weighted by molar-refractivity contribution is 0.163. The number of aryl methyl sites for hydroxylation is 5. The minimum atomic E-state index is -0.224. The third-order valence-electron chi connectivity index (χ3n) is 23.0. The van der Waals surface area contributed by atoms with Crippen LogP contribution in [0.25, 0.3) is 95.7 Å². The average molecular weight is 1670 g/mol. The molecule has 616 valence electrons. The van der Waals surface area contributed by atoms with Gasteiger partial charge >= 0.3 is 0 Å². The molecule has 20 rings (SSSR count). The molecule has 29 nitrogen and oxygen atoms in total. The van der Waals surface area contributed by atoms with E-state index in [2.05, 4.69) is 108 Å². The number of rotatable bonds is 11. The van der Waals surface area contributed by atoms with Crippen molar-refractivity contribution in [3.63, 3.8) is 0 Å². The summed E-state index contributed by atoms with van der Waals surface area (Å²) in [4.78, 5) is 97.1. The van der Waals surface area contributed by atoms with E-state index >= 15 is 0 Å². The molecule has 2 N–H and O–H groups in total. The quantitative estimate of drug-likeness (QED) is 0.122. The van der Waals surface area contributed by atoms with Gasteiger partial charge in [-0.2, -0.15) is 28.8 Å². The monoisotopic (exact) mass is 1670 g/mol. The van der Waals surface area contributed by atoms with Crippen LogP contribution in [0.5, 0.6) is 0 Å². The number of piperidine rings is 3. The zero-order valence-electron chi connectivity index (χ0n) is 68.2. The number of piperazine rings is 1. The van der Waals surface area contributed by atoms with Crippen molar-refractivity contribution in [2.24, 2.45) is 0 Å². The second kappa shape index (κ2) is 33.9. The molecule has 4 aliphatic heterocycles. The van der Waals surface area contributed by atoms with E-state index in [9.17, 15) is 19.2 Å². The molecular formula is C88H92Cl3N23O6. The second-order valence-electron chi connectivity index (χ2n) is 32.1. The maximum Gasteiger partial charge on any atom is 0.275 e. The van der Waals surface area contributed by atoms with Crippen molar-refractivity contribution in [2.75, 3.05) is 84.0 Å². The smallest absolute Gasteiger partial charge is 0.275 e. The second-order valence-corrected chi connectivity index (χ2v) is 33.3. The molecular weight excluding hydrogens is 1580 g/mol. The highest BCUT2D eigenvalue weighted by atomic mass is 35.5. The van der Waals surface area contributed by atoms with Crippen LogP contribution in [0.2, 0.25) is 15.1 Å². The van der Waals surface area contributed by atoms with Crippen LogP contribution >= 0.6 is 34.8 Å². The molecule has 16 aromatic heterocycles. The highest BCUT2D eigenvalue weighted by molar-refractivity contribution is 6.34. The number of halogens is 3. The SMILES string of the molecule is CCN1CCC(c2ccc3nc(-c4cc(Cl)c5nc(C)cn5c4)cc(=O)n3n2)CC1.Cc1cc2cc(-c3cc(=O)n4cc(N5C[C@@H](C)N[C@@H](C)C5)ccc4n3)oc2c(C)n1.Cc1cn2cc(-c3cc(=O)n4nc(C5CCN(C)CC5)ccc4n3)cc(Cl)c2n1.Cc1cn2cc(-c3cc(=O)n4nc(C5CCN(CCO)CC5)ccc4n3)cc(Cl)c2n1. The Kier molecular flexibility index (Phi) is 22.9. The van der Waals surface area contributed by atoms with Crippen LogP contribution in [0.4, 0.5) is 5.69 Å². The maximum absolute atomic E-state index is 12.9. The maximum atomic E-state index is 12.9. The first-order chi connectivity index (χ1) is 57.9. The Morgan fingerprint density at radius 2 is 0.858 bits per heavy atom. The Labute approximate surface area is 704 Å². The molecule has 32 heteroatoms. The number of aliphatic hydroxyl groups excluding tert-OH is 1. The number of nitrogens with zero attached hydrogens (tertiary/aromatic N) is 22. The minimum Gasteiger partial charge on any atom is -0.453 e. The fourth-order valence-corrected chi connectivity index (χ4v) is 17.7. The van der Waals surface area contributed by atoms with E-state index in [0.29, 0.717) is 120 Å². The normalized spacial score (nSPS) is 16.9. The van der Waals surface area contributed by atoms with Crippen molar-refractivity contribution in [3.05, 3.63) is 249 Å². The number of hydrogen-bond acceptors (Lipinski definition) is 22. The van der Waals surface area contributed by atoms with Crippen molar-refractivity contribution in [1.82, 2.24) is 106 Å². The van der Waals surface area contributed by atoms with Gasteiger partial charge in [0.1, 0.15) is 11.3 Å². The number of fused-ring (bicyclic) bond motifs is 8. The first-order valence-electron chi connectivity index (χ1n) is 40.7. The number of furan rings is 1. The van der Waals surface area contributed by atoms with Gasteiger partial charge in [0.15, 0.2) is 45.2 Å². The summed E-state index contributed by atoms with van der Waals surface area (Å²) in [5, 5.41) is 29.0. The molecule has 120 heavy (non-hydrogen) atoms. The van der Waals surface area contributed by atoms with Crippen molar-refractivity contribution < 1.29 is 9.52 Å². The Balaban J connectivity index is 0.000000114. The molecule has 0 bridgehead atoms. The molecule has 4 aliphatic rings. The lowest BCUT2D eigenvalue weighted by Gasteiger charge is -2.37. The van der Waals surface area contributed by atoms with Crippen molar-refractivity contribution in [2.45, 2.75) is 124 Å². The number of anilines is 1. The van der Waals surface area contributed by atoms with Crippen molar-refractivity contribution in [1.29, 1.82) is 0 Å². The number of aliphatic hydroxyl groups is 1. The molecule has 0 amide bonds. The van der Waals surface area contributed by atoms with Gasteiger partial charge in [-0.1, -0.05) is 41.7 Å². The summed E-state index contributed by atoms with van der Waals surface area (Å²) in [6.07, 6.45) is 19.4. The minimum absolute atomic E-state index is 0.125. The predicted octanol–water partition coefficient (Wildman–Crippen LogP) is 12.6. The number of hydrogen-bond donors (Lipinski definition) is 2. The van der Waals surface area contributed by atoms with Crippen LogP contribution in [0.15, 0.2) is 170 Å². The summed E-state index contributed by atoms with van der Waals surface area (Å²) in [6.45, 7) is 26.0. The third kappa shape index (κ3) is 17.1. The fourth-order valence-electron chi connectivity index (χ4n) is 17.0. The molecule has 0 aliphatic carbocycles. The van der Waals surface area contributed by atoms with E-state index in [1.54, 1.807) is 22.6 Å². The van der Waals surface area contributed by atoms with E-state index in [1.807, 2.05) is 152 Å². The van der Waals surface area contributed by atoms with Crippen LogP contribution < -0.4 is 32.5 Å². The molecule has 0 saturated carbocycles. The number of imidazole rings is 3. The standard InChI is InChI=1S/C23H25N5O2.C22H23ClN6O2.C22H23ClN6O.C21H21ClN6O/c1-13-7-17-8-20(30-23(17)16(4)25-13)19-9-22(29)28-12-18(5-6-21(28)26-19)27-10-14(2)24-15(3)11-27;1-14-12-28-13-16(10-17(23)22(28)24-14)19-11-21(31)29-20(25-19)3-2-18(26-29)15-4-6-27(7-5-15)8-9-30;1-3-27-8-6-15(7-9-27)18-4-5-20-25-19(11-21(30)29(20)26-18)16-10-17(23)22-24-14(2)12-28(22)13-16;1-13-11-27-12-15(9-16(22)21(27)23-13)18-10-20(29)28-19(24-18)4-3-17(25-28)14-5-7-26(2)8-6-14/h5-9,12,14-15,24H,10-11H2,1-4H3;2-3,10-13,15,30H,4-9H2,1H3;4-5,10-13,15H,3,6-9H2,1-2H3;3-4,9-12,14H,5-8H2,1-2H3/t14-,15+;;;. The molecule has 16 aromatic rings. The predicted molar refractivity (Wildman–Crippen MR) is 467 cm³/mol. The summed E-state index contributed by atoms with van der Waals surface area (Å²) in [7, 11) is 2.13. The summed E-state index contributed by atoms with van der Waals surface area (Å²) in [5.74, 6) is 1.65. The van der Waals surface area contributed by atoms with Gasteiger partial charge in [0.2, 0.25) is 0 Å². The number of β-amino-alcohol motifs (C(OH)–C–C–N with tert-alkyl or cyclic N) is 1. The Hall–Kier alpha value is -11.5. The third-order valence-corrected chi connectivity index (χ3v) is 23.8. The largest absolute Gasteiger partial charge is 0.453 e. The van der Waals surface area contributed by atoms with Gasteiger partial charge in [0.05, 0.1) is 84.3 Å². The van der Waals surface area contributed by atoms with Gasteiger partial charge < -0.3 is 47.6 Å². The summed E-state index contributed by atoms with van der Waals surface area (Å²) in [5.41, 5.74) is 17.0.